The second-order valence-corrected chi connectivity index (χ2v) is 4.71. The average molecular weight is 241 g/mol. The van der Waals surface area contributed by atoms with E-state index in [1.165, 1.54) is 63.6 Å². The Bertz CT molecular complexity index is 268. The van der Waals surface area contributed by atoms with E-state index >= 15 is 0 Å². The molecule has 2 heteroatoms. The normalized spacial score (nSPS) is 10.2. The fraction of sp³-hybridized carbons (Fsp3) is 0.733. The minimum absolute atomic E-state index is 0. The van der Waals surface area contributed by atoms with E-state index in [4.69, 9.17) is 0 Å². The highest BCUT2D eigenvalue weighted by Gasteiger charge is 1.99. The summed E-state index contributed by atoms with van der Waals surface area (Å²) in [6, 6.07) is 4.47. The lowest BCUT2D eigenvalue weighted by molar-refractivity contribution is 0.554. The van der Waals surface area contributed by atoms with Gasteiger partial charge in [0.25, 0.3) is 0 Å². The number of rotatable bonds is 9. The van der Waals surface area contributed by atoms with Crippen LogP contribution >= 0.6 is 0 Å². The van der Waals surface area contributed by atoms with E-state index in [0.29, 0.717) is 0 Å². The number of halogens is 1. The van der Waals surface area contributed by atoms with Crippen LogP contribution in [0.5, 0.6) is 0 Å². The molecule has 0 aromatic carbocycles. The Kier molecular flexibility index (Phi) is 9.89. The molecule has 0 aliphatic rings. The molecule has 0 aliphatic heterocycles. The molecule has 1 rings (SSSR count). The van der Waals surface area contributed by atoms with Gasteiger partial charge >= 0.3 is 0 Å². The van der Waals surface area contributed by atoms with Crippen molar-refractivity contribution in [2.24, 2.45) is 0 Å². The van der Waals surface area contributed by atoms with Crippen LogP contribution in [0.3, 0.4) is 0 Å². The quantitative estimate of drug-likeness (QED) is 0.539. The molecular weight excluding hydrogens is 213 g/mol. The fourth-order valence-corrected chi connectivity index (χ4v) is 2.14. The van der Waals surface area contributed by atoms with Gasteiger partial charge in [0.2, 0.25) is 0 Å². The van der Waals surface area contributed by atoms with Crippen molar-refractivity contribution < 1.29 is 4.70 Å². The maximum Gasteiger partial charge on any atom is 0.0222 e. The van der Waals surface area contributed by atoms with Crippen LogP contribution < -0.4 is 0 Å². The average Bonchev–Trinajstić information content (AvgIpc) is 2.74. The van der Waals surface area contributed by atoms with Gasteiger partial charge in [-0.15, -0.1) is 0 Å². The molecule has 0 saturated heterocycles. The molecule has 0 atom stereocenters. The van der Waals surface area contributed by atoms with Crippen LogP contribution in [0.25, 0.3) is 0 Å². The second-order valence-electron chi connectivity index (χ2n) is 4.71. The lowest BCUT2D eigenvalue weighted by Crippen LogP contribution is -2.02. The van der Waals surface area contributed by atoms with Gasteiger partial charge in [-0.1, -0.05) is 46.0 Å². The summed E-state index contributed by atoms with van der Waals surface area (Å²) in [7, 11) is 0. The molecule has 17 heavy (non-hydrogen) atoms. The molecule has 1 nitrogen and oxygen atoms in total. The van der Waals surface area contributed by atoms with Gasteiger partial charge in [-0.05, 0) is 31.4 Å². The van der Waals surface area contributed by atoms with Gasteiger partial charge in [0, 0.05) is 18.4 Å². The van der Waals surface area contributed by atoms with Crippen LogP contribution in [0, 0.1) is 0 Å². The molecular formula is C15H28FN. The number of unbranched alkanes of at least 4 members (excludes halogenated alkanes) is 5. The standard InChI is InChI=1S/C15H27N.FH/c1-3-5-7-8-9-13-16-14-10-12-15(16)11-6-4-2;/h10,12,14H,3-9,11,13H2,1-2H3;1H. The third-order valence-electron chi connectivity index (χ3n) is 3.21. The van der Waals surface area contributed by atoms with Crippen molar-refractivity contribution in [2.75, 3.05) is 0 Å². The second kappa shape index (κ2) is 10.4. The molecule has 0 amide bonds. The first-order chi connectivity index (χ1) is 7.88. The SMILES string of the molecule is CCCCCCCn1cccc1CCCC.F. The first kappa shape index (κ1) is 16.2. The van der Waals surface area contributed by atoms with Gasteiger partial charge in [-0.25, -0.2) is 0 Å². The Labute approximate surface area is 106 Å². The maximum absolute atomic E-state index is 2.45. The van der Waals surface area contributed by atoms with Crippen molar-refractivity contribution in [2.45, 2.75) is 71.8 Å². The lowest BCUT2D eigenvalue weighted by Gasteiger charge is -2.08. The topological polar surface area (TPSA) is 4.93 Å². The van der Waals surface area contributed by atoms with Crippen LogP contribution in [0.4, 0.5) is 4.70 Å². The van der Waals surface area contributed by atoms with Crippen molar-refractivity contribution in [3.8, 4) is 0 Å². The molecule has 1 aromatic heterocycles. The molecule has 0 N–H and O–H groups in total. The summed E-state index contributed by atoms with van der Waals surface area (Å²) in [6.07, 6.45) is 13.0. The van der Waals surface area contributed by atoms with E-state index in [1.54, 1.807) is 0 Å². The van der Waals surface area contributed by atoms with Crippen LogP contribution in [0.2, 0.25) is 0 Å². The van der Waals surface area contributed by atoms with Crippen molar-refractivity contribution in [3.63, 3.8) is 0 Å². The highest BCUT2D eigenvalue weighted by atomic mass is 19.0. The third-order valence-corrected chi connectivity index (χ3v) is 3.21. The number of aryl methyl sites for hydroxylation is 2. The monoisotopic (exact) mass is 241 g/mol. The number of hydrogen-bond donors (Lipinski definition) is 0. The molecule has 0 spiro atoms. The first-order valence-corrected chi connectivity index (χ1v) is 7.02. The molecule has 0 radical (unpaired) electrons. The van der Waals surface area contributed by atoms with Crippen molar-refractivity contribution in [1.82, 2.24) is 4.57 Å². The first-order valence-electron chi connectivity index (χ1n) is 7.02. The van der Waals surface area contributed by atoms with Crippen molar-refractivity contribution in [3.05, 3.63) is 24.0 Å². The van der Waals surface area contributed by atoms with E-state index in [-0.39, 0.29) is 4.70 Å². The smallest absolute Gasteiger partial charge is 0.0222 e. The maximum atomic E-state index is 2.45. The Balaban J connectivity index is 0.00000256. The molecule has 0 saturated carbocycles. The summed E-state index contributed by atoms with van der Waals surface area (Å²) in [5.41, 5.74) is 1.53. The third kappa shape index (κ3) is 6.50. The summed E-state index contributed by atoms with van der Waals surface area (Å²) >= 11 is 0. The number of hydrogen-bond acceptors (Lipinski definition) is 0. The van der Waals surface area contributed by atoms with Crippen LogP contribution in [-0.4, -0.2) is 4.57 Å². The zero-order valence-electron chi connectivity index (χ0n) is 11.5. The van der Waals surface area contributed by atoms with Crippen LogP contribution in [0.1, 0.15) is 64.5 Å². The van der Waals surface area contributed by atoms with E-state index < -0.39 is 0 Å². The summed E-state index contributed by atoms with van der Waals surface area (Å²) in [5, 5.41) is 0. The van der Waals surface area contributed by atoms with Crippen molar-refractivity contribution in [1.29, 1.82) is 0 Å². The zero-order chi connectivity index (χ0) is 11.6. The highest BCUT2D eigenvalue weighted by molar-refractivity contribution is 5.07. The van der Waals surface area contributed by atoms with Crippen LogP contribution in [0.15, 0.2) is 18.3 Å². The molecule has 0 unspecified atom stereocenters. The van der Waals surface area contributed by atoms with Gasteiger partial charge < -0.3 is 4.57 Å². The predicted molar refractivity (Wildman–Crippen MR) is 74.3 cm³/mol. The minimum Gasteiger partial charge on any atom is -0.351 e. The minimum atomic E-state index is 0. The lowest BCUT2D eigenvalue weighted by atomic mass is 10.1. The van der Waals surface area contributed by atoms with E-state index in [9.17, 15) is 0 Å². The molecule has 100 valence electrons. The summed E-state index contributed by atoms with van der Waals surface area (Å²) in [5.74, 6) is 0. The van der Waals surface area contributed by atoms with E-state index in [1.807, 2.05) is 0 Å². The van der Waals surface area contributed by atoms with Gasteiger partial charge in [-0.2, -0.15) is 0 Å². The Hall–Kier alpha value is -0.790. The van der Waals surface area contributed by atoms with Gasteiger partial charge in [0.15, 0.2) is 0 Å². The van der Waals surface area contributed by atoms with E-state index in [2.05, 4.69) is 36.7 Å². The Morgan fingerprint density at radius 2 is 1.65 bits per heavy atom. The molecule has 0 fully saturated rings. The molecule has 0 aliphatic carbocycles. The van der Waals surface area contributed by atoms with Crippen molar-refractivity contribution >= 4 is 0 Å². The molecule has 1 aromatic rings. The summed E-state index contributed by atoms with van der Waals surface area (Å²) < 4.78 is 2.45. The summed E-state index contributed by atoms with van der Waals surface area (Å²) in [4.78, 5) is 0. The zero-order valence-corrected chi connectivity index (χ0v) is 11.5. The fourth-order valence-electron chi connectivity index (χ4n) is 2.14. The summed E-state index contributed by atoms with van der Waals surface area (Å²) in [6.45, 7) is 5.75. The Morgan fingerprint density at radius 3 is 2.35 bits per heavy atom. The largest absolute Gasteiger partial charge is 0.351 e. The predicted octanol–water partition coefficient (Wildman–Crippen LogP) is 4.95. The van der Waals surface area contributed by atoms with E-state index in [0.717, 1.165) is 0 Å². The highest BCUT2D eigenvalue weighted by Crippen LogP contribution is 2.10. The number of nitrogens with zero attached hydrogens (tertiary/aromatic N) is 1. The van der Waals surface area contributed by atoms with Gasteiger partial charge in [0.1, 0.15) is 0 Å². The van der Waals surface area contributed by atoms with Gasteiger partial charge in [-0.3, -0.25) is 4.70 Å². The molecule has 1 heterocycles. The molecule has 0 bridgehead atoms. The Morgan fingerprint density at radius 1 is 0.941 bits per heavy atom. The van der Waals surface area contributed by atoms with Crippen LogP contribution in [-0.2, 0) is 13.0 Å². The number of aromatic nitrogens is 1. The van der Waals surface area contributed by atoms with Gasteiger partial charge in [0.05, 0.1) is 0 Å².